The van der Waals surface area contributed by atoms with Crippen molar-refractivity contribution in [2.75, 3.05) is 26.3 Å². The van der Waals surface area contributed by atoms with E-state index in [1.54, 1.807) is 0 Å². The molecule has 0 aromatic rings. The molecule has 0 bridgehead atoms. The van der Waals surface area contributed by atoms with E-state index in [0.717, 1.165) is 32.6 Å². The first kappa shape index (κ1) is 11.3. The Morgan fingerprint density at radius 1 is 1.57 bits per heavy atom. The second kappa shape index (κ2) is 5.17. The summed E-state index contributed by atoms with van der Waals surface area (Å²) >= 11 is 0. The number of amidine groups is 1. The molecule has 82 valence electrons. The zero-order valence-corrected chi connectivity index (χ0v) is 8.62. The van der Waals surface area contributed by atoms with Crippen LogP contribution in [0.2, 0.25) is 0 Å². The summed E-state index contributed by atoms with van der Waals surface area (Å²) in [7, 11) is 0. The van der Waals surface area contributed by atoms with Gasteiger partial charge in [0, 0.05) is 19.8 Å². The summed E-state index contributed by atoms with van der Waals surface area (Å²) in [4.78, 5) is 0. The molecule has 0 aliphatic carbocycles. The Balaban J connectivity index is 2.22. The van der Waals surface area contributed by atoms with Gasteiger partial charge < -0.3 is 21.0 Å². The van der Waals surface area contributed by atoms with Crippen LogP contribution in [0.25, 0.3) is 0 Å². The predicted molar refractivity (Wildman–Crippen MR) is 54.4 cm³/mol. The first-order chi connectivity index (χ1) is 6.66. The van der Waals surface area contributed by atoms with Crippen molar-refractivity contribution in [2.45, 2.75) is 19.8 Å². The zero-order chi connectivity index (χ0) is 10.4. The number of ether oxygens (including phenoxy) is 1. The standard InChI is InChI=1S/C9H19N3O2/c1-9(2-4-14-5-3-9)7-11-6-8(10)12-13/h11,13H,2-7H2,1H3,(H2,10,12). The highest BCUT2D eigenvalue weighted by Gasteiger charge is 2.26. The van der Waals surface area contributed by atoms with Gasteiger partial charge in [-0.2, -0.15) is 0 Å². The van der Waals surface area contributed by atoms with Crippen LogP contribution in [-0.2, 0) is 4.74 Å². The van der Waals surface area contributed by atoms with Crippen LogP contribution in [0.4, 0.5) is 0 Å². The van der Waals surface area contributed by atoms with E-state index in [0.29, 0.717) is 6.54 Å². The minimum Gasteiger partial charge on any atom is -0.409 e. The van der Waals surface area contributed by atoms with Crippen molar-refractivity contribution >= 4 is 5.84 Å². The van der Waals surface area contributed by atoms with Gasteiger partial charge in [0.15, 0.2) is 5.84 Å². The molecular weight excluding hydrogens is 182 g/mol. The summed E-state index contributed by atoms with van der Waals surface area (Å²) < 4.78 is 5.30. The third kappa shape index (κ3) is 3.51. The fraction of sp³-hybridized carbons (Fsp3) is 0.889. The van der Waals surface area contributed by atoms with Crippen molar-refractivity contribution in [3.8, 4) is 0 Å². The maximum absolute atomic E-state index is 8.34. The van der Waals surface area contributed by atoms with Crippen LogP contribution >= 0.6 is 0 Å². The molecule has 5 heteroatoms. The van der Waals surface area contributed by atoms with E-state index < -0.39 is 0 Å². The van der Waals surface area contributed by atoms with E-state index in [4.69, 9.17) is 15.7 Å². The van der Waals surface area contributed by atoms with Crippen LogP contribution in [0.3, 0.4) is 0 Å². The normalized spacial score (nSPS) is 22.2. The largest absolute Gasteiger partial charge is 0.409 e. The monoisotopic (exact) mass is 201 g/mol. The third-order valence-electron chi connectivity index (χ3n) is 2.69. The fourth-order valence-electron chi connectivity index (χ4n) is 1.57. The molecule has 1 aliphatic rings. The van der Waals surface area contributed by atoms with Crippen molar-refractivity contribution < 1.29 is 9.94 Å². The number of hydrogen-bond acceptors (Lipinski definition) is 4. The number of oxime groups is 1. The lowest BCUT2D eigenvalue weighted by atomic mass is 9.82. The van der Waals surface area contributed by atoms with Crippen molar-refractivity contribution in [3.05, 3.63) is 0 Å². The van der Waals surface area contributed by atoms with Gasteiger partial charge in [0.05, 0.1) is 6.54 Å². The topological polar surface area (TPSA) is 79.9 Å². The van der Waals surface area contributed by atoms with Gasteiger partial charge in [0.2, 0.25) is 0 Å². The van der Waals surface area contributed by atoms with Gasteiger partial charge >= 0.3 is 0 Å². The molecule has 1 fully saturated rings. The molecule has 0 radical (unpaired) electrons. The Labute approximate surface area is 84.3 Å². The highest BCUT2D eigenvalue weighted by molar-refractivity contribution is 5.81. The Bertz CT molecular complexity index is 200. The summed E-state index contributed by atoms with van der Waals surface area (Å²) in [5.74, 6) is 0.223. The molecule has 1 saturated heterocycles. The number of hydrogen-bond donors (Lipinski definition) is 3. The maximum atomic E-state index is 8.34. The molecule has 1 rings (SSSR count). The van der Waals surface area contributed by atoms with Gasteiger partial charge in [-0.25, -0.2) is 0 Å². The number of rotatable bonds is 4. The van der Waals surface area contributed by atoms with Crippen molar-refractivity contribution in [3.63, 3.8) is 0 Å². The summed E-state index contributed by atoms with van der Waals surface area (Å²) in [6, 6.07) is 0. The van der Waals surface area contributed by atoms with E-state index in [2.05, 4.69) is 17.4 Å². The van der Waals surface area contributed by atoms with Crippen LogP contribution < -0.4 is 11.1 Å². The maximum Gasteiger partial charge on any atom is 0.153 e. The first-order valence-electron chi connectivity index (χ1n) is 4.91. The lowest BCUT2D eigenvalue weighted by Crippen LogP contribution is -2.40. The van der Waals surface area contributed by atoms with E-state index in [-0.39, 0.29) is 11.3 Å². The lowest BCUT2D eigenvalue weighted by molar-refractivity contribution is 0.0246. The predicted octanol–water partition coefficient (Wildman–Crippen LogP) is 0.139. The Morgan fingerprint density at radius 2 is 2.21 bits per heavy atom. The Kier molecular flexibility index (Phi) is 4.16. The van der Waals surface area contributed by atoms with E-state index >= 15 is 0 Å². The molecular formula is C9H19N3O2. The first-order valence-corrected chi connectivity index (χ1v) is 4.91. The minimum atomic E-state index is 0.223. The van der Waals surface area contributed by atoms with Crippen molar-refractivity contribution in [1.82, 2.24) is 5.32 Å². The van der Waals surface area contributed by atoms with E-state index in [1.807, 2.05) is 0 Å². The molecule has 0 amide bonds. The lowest BCUT2D eigenvalue weighted by Gasteiger charge is -2.33. The summed E-state index contributed by atoms with van der Waals surface area (Å²) in [6.45, 7) is 5.22. The minimum absolute atomic E-state index is 0.223. The second-order valence-electron chi connectivity index (χ2n) is 4.12. The van der Waals surface area contributed by atoms with Crippen LogP contribution in [0.15, 0.2) is 5.16 Å². The molecule has 0 atom stereocenters. The molecule has 1 heterocycles. The fourth-order valence-corrected chi connectivity index (χ4v) is 1.57. The van der Waals surface area contributed by atoms with Gasteiger partial charge in [-0.15, -0.1) is 0 Å². The summed E-state index contributed by atoms with van der Waals surface area (Å²) in [5.41, 5.74) is 5.63. The van der Waals surface area contributed by atoms with E-state index in [1.165, 1.54) is 0 Å². The van der Waals surface area contributed by atoms with E-state index in [9.17, 15) is 0 Å². The molecule has 0 aromatic heterocycles. The quantitative estimate of drug-likeness (QED) is 0.261. The second-order valence-corrected chi connectivity index (χ2v) is 4.12. The average Bonchev–Trinajstić information content (AvgIpc) is 2.18. The Morgan fingerprint density at radius 3 is 2.79 bits per heavy atom. The summed E-state index contributed by atoms with van der Waals surface area (Å²) in [5, 5.41) is 14.4. The molecule has 4 N–H and O–H groups in total. The highest BCUT2D eigenvalue weighted by Crippen LogP contribution is 2.28. The molecule has 0 aromatic carbocycles. The SMILES string of the molecule is CC1(CNCC(N)=NO)CCOCC1. The molecule has 0 spiro atoms. The Hall–Kier alpha value is -0.810. The molecule has 0 unspecified atom stereocenters. The number of nitrogens with zero attached hydrogens (tertiary/aromatic N) is 1. The third-order valence-corrected chi connectivity index (χ3v) is 2.69. The number of nitrogens with two attached hydrogens (primary N) is 1. The van der Waals surface area contributed by atoms with Gasteiger partial charge in [-0.1, -0.05) is 12.1 Å². The van der Waals surface area contributed by atoms with Gasteiger partial charge in [-0.05, 0) is 18.3 Å². The molecule has 5 nitrogen and oxygen atoms in total. The zero-order valence-electron chi connectivity index (χ0n) is 8.62. The van der Waals surface area contributed by atoms with Gasteiger partial charge in [0.1, 0.15) is 0 Å². The highest BCUT2D eigenvalue weighted by atomic mass is 16.5. The number of nitrogens with one attached hydrogen (secondary N) is 1. The summed E-state index contributed by atoms with van der Waals surface area (Å²) in [6.07, 6.45) is 2.13. The van der Waals surface area contributed by atoms with Gasteiger partial charge in [-0.3, -0.25) is 0 Å². The molecule has 0 saturated carbocycles. The van der Waals surface area contributed by atoms with Crippen LogP contribution in [0, 0.1) is 5.41 Å². The smallest absolute Gasteiger partial charge is 0.153 e. The molecule has 14 heavy (non-hydrogen) atoms. The van der Waals surface area contributed by atoms with Gasteiger partial charge in [0.25, 0.3) is 0 Å². The van der Waals surface area contributed by atoms with Crippen molar-refractivity contribution in [1.29, 1.82) is 0 Å². The molecule has 1 aliphatic heterocycles. The van der Waals surface area contributed by atoms with Crippen LogP contribution in [-0.4, -0.2) is 37.3 Å². The average molecular weight is 201 g/mol. The van der Waals surface area contributed by atoms with Crippen LogP contribution in [0.5, 0.6) is 0 Å². The van der Waals surface area contributed by atoms with Crippen molar-refractivity contribution in [2.24, 2.45) is 16.3 Å². The van der Waals surface area contributed by atoms with Crippen LogP contribution in [0.1, 0.15) is 19.8 Å².